The highest BCUT2D eigenvalue weighted by Crippen LogP contribution is 2.27. The maximum atomic E-state index is 13.9. The normalized spacial score (nSPS) is 19.8. The predicted molar refractivity (Wildman–Crippen MR) is 103 cm³/mol. The van der Waals surface area contributed by atoms with Crippen LogP contribution in [0.4, 0.5) is 9.18 Å². The number of fused-ring (bicyclic) bond motifs is 1. The van der Waals surface area contributed by atoms with Gasteiger partial charge < -0.3 is 20.3 Å². The molecule has 1 aromatic rings. The molecule has 1 aromatic carbocycles. The number of likely N-dealkylation sites (N-methyl/N-ethyl adjacent to an activating group) is 1. The molecule has 0 spiro atoms. The van der Waals surface area contributed by atoms with E-state index in [1.807, 2.05) is 0 Å². The molecule has 2 aliphatic heterocycles. The van der Waals surface area contributed by atoms with Gasteiger partial charge in [0.05, 0.1) is 19.6 Å². The molecular formula is C20H23FN4O5. The Morgan fingerprint density at radius 1 is 1.30 bits per heavy atom. The SMILES string of the molecule is C=CC(=O)NCC(=O)N1C[C@H](OC(=O)N2Cc3cccc(F)c3C2)C[C@H]1C(=O)NC. The summed E-state index contributed by atoms with van der Waals surface area (Å²) < 4.78 is 19.4. The fraction of sp³-hybridized carbons (Fsp3) is 0.400. The highest BCUT2D eigenvalue weighted by Gasteiger charge is 2.41. The van der Waals surface area contributed by atoms with E-state index in [1.165, 1.54) is 22.9 Å². The molecule has 3 rings (SSSR count). The van der Waals surface area contributed by atoms with Gasteiger partial charge in [0.1, 0.15) is 18.0 Å². The highest BCUT2D eigenvalue weighted by molar-refractivity contribution is 5.93. The molecule has 2 aliphatic rings. The number of rotatable bonds is 5. The van der Waals surface area contributed by atoms with E-state index >= 15 is 0 Å². The van der Waals surface area contributed by atoms with Crippen molar-refractivity contribution in [2.24, 2.45) is 0 Å². The van der Waals surface area contributed by atoms with Gasteiger partial charge >= 0.3 is 6.09 Å². The monoisotopic (exact) mass is 418 g/mol. The van der Waals surface area contributed by atoms with E-state index in [4.69, 9.17) is 4.74 Å². The lowest BCUT2D eigenvalue weighted by molar-refractivity contribution is -0.138. The molecule has 0 aliphatic carbocycles. The minimum Gasteiger partial charge on any atom is -0.444 e. The van der Waals surface area contributed by atoms with E-state index in [9.17, 15) is 23.6 Å². The minimum atomic E-state index is -0.825. The fourth-order valence-corrected chi connectivity index (χ4v) is 3.64. The first-order valence-corrected chi connectivity index (χ1v) is 9.47. The van der Waals surface area contributed by atoms with E-state index in [2.05, 4.69) is 17.2 Å². The number of nitrogens with zero attached hydrogens (tertiary/aromatic N) is 2. The van der Waals surface area contributed by atoms with Gasteiger partial charge in [0.15, 0.2) is 0 Å². The second-order valence-corrected chi connectivity index (χ2v) is 7.07. The molecule has 2 N–H and O–H groups in total. The minimum absolute atomic E-state index is 0.0156. The van der Waals surface area contributed by atoms with Crippen LogP contribution in [0, 0.1) is 5.82 Å². The molecule has 10 heteroatoms. The Hall–Kier alpha value is -3.43. The topological polar surface area (TPSA) is 108 Å². The van der Waals surface area contributed by atoms with Crippen molar-refractivity contribution in [2.75, 3.05) is 20.1 Å². The molecule has 0 unspecified atom stereocenters. The Balaban J connectivity index is 1.62. The van der Waals surface area contributed by atoms with Crippen molar-refractivity contribution >= 4 is 23.8 Å². The van der Waals surface area contributed by atoms with Gasteiger partial charge in [0.2, 0.25) is 17.7 Å². The molecule has 0 radical (unpaired) electrons. The van der Waals surface area contributed by atoms with Crippen LogP contribution in [0.1, 0.15) is 17.5 Å². The summed E-state index contributed by atoms with van der Waals surface area (Å²) >= 11 is 0. The lowest BCUT2D eigenvalue weighted by atomic mass is 10.1. The van der Waals surface area contributed by atoms with E-state index in [1.54, 1.807) is 12.1 Å². The number of hydrogen-bond acceptors (Lipinski definition) is 5. The first kappa shape index (κ1) is 21.3. The van der Waals surface area contributed by atoms with Crippen molar-refractivity contribution in [1.29, 1.82) is 0 Å². The Kier molecular flexibility index (Phi) is 6.34. The molecule has 2 heterocycles. The zero-order chi connectivity index (χ0) is 21.8. The van der Waals surface area contributed by atoms with Crippen molar-refractivity contribution in [3.63, 3.8) is 0 Å². The van der Waals surface area contributed by atoms with Gasteiger partial charge in [-0.25, -0.2) is 9.18 Å². The number of hydrogen-bond donors (Lipinski definition) is 2. The second-order valence-electron chi connectivity index (χ2n) is 7.07. The quantitative estimate of drug-likeness (QED) is 0.669. The number of likely N-dealkylation sites (tertiary alicyclic amines) is 1. The third-order valence-electron chi connectivity index (χ3n) is 5.18. The van der Waals surface area contributed by atoms with Crippen molar-refractivity contribution in [2.45, 2.75) is 31.7 Å². The van der Waals surface area contributed by atoms with Crippen LogP contribution in [-0.4, -0.2) is 65.9 Å². The first-order chi connectivity index (χ1) is 14.3. The summed E-state index contributed by atoms with van der Waals surface area (Å²) in [7, 11) is 1.44. The molecular weight excluding hydrogens is 395 g/mol. The van der Waals surface area contributed by atoms with Gasteiger partial charge in [-0.3, -0.25) is 19.3 Å². The molecule has 2 atom stereocenters. The molecule has 0 bridgehead atoms. The highest BCUT2D eigenvalue weighted by atomic mass is 19.1. The summed E-state index contributed by atoms with van der Waals surface area (Å²) in [4.78, 5) is 51.2. The van der Waals surface area contributed by atoms with Crippen LogP contribution >= 0.6 is 0 Å². The maximum absolute atomic E-state index is 13.9. The van der Waals surface area contributed by atoms with Crippen molar-refractivity contribution in [3.05, 3.63) is 47.8 Å². The zero-order valence-corrected chi connectivity index (χ0v) is 16.5. The molecule has 4 amide bonds. The number of carbonyl (C=O) groups excluding carboxylic acids is 4. The number of benzene rings is 1. The van der Waals surface area contributed by atoms with E-state index < -0.39 is 36.0 Å². The van der Waals surface area contributed by atoms with Crippen LogP contribution < -0.4 is 10.6 Å². The number of amides is 4. The zero-order valence-electron chi connectivity index (χ0n) is 16.5. The van der Waals surface area contributed by atoms with E-state index in [0.29, 0.717) is 5.56 Å². The molecule has 1 fully saturated rings. The molecule has 0 aromatic heterocycles. The van der Waals surface area contributed by atoms with Crippen LogP contribution in [0.5, 0.6) is 0 Å². The fourth-order valence-electron chi connectivity index (χ4n) is 3.64. The summed E-state index contributed by atoms with van der Waals surface area (Å²) in [5.41, 5.74) is 1.18. The Labute approximate surface area is 172 Å². The van der Waals surface area contributed by atoms with Gasteiger partial charge in [0.25, 0.3) is 0 Å². The van der Waals surface area contributed by atoms with E-state index in [-0.39, 0.29) is 38.4 Å². The summed E-state index contributed by atoms with van der Waals surface area (Å²) in [6.45, 7) is 3.35. The largest absolute Gasteiger partial charge is 0.444 e. The lowest BCUT2D eigenvalue weighted by Crippen LogP contribution is -2.48. The van der Waals surface area contributed by atoms with Crippen LogP contribution in [0.15, 0.2) is 30.9 Å². The number of carbonyl (C=O) groups is 4. The molecule has 9 nitrogen and oxygen atoms in total. The van der Waals surface area contributed by atoms with Crippen molar-refractivity contribution in [3.8, 4) is 0 Å². The van der Waals surface area contributed by atoms with Crippen molar-refractivity contribution < 1.29 is 28.3 Å². The average molecular weight is 418 g/mol. The van der Waals surface area contributed by atoms with Gasteiger partial charge in [-0.2, -0.15) is 0 Å². The Morgan fingerprint density at radius 3 is 2.73 bits per heavy atom. The van der Waals surface area contributed by atoms with Gasteiger partial charge in [-0.15, -0.1) is 0 Å². The summed E-state index contributed by atoms with van der Waals surface area (Å²) in [5.74, 6) is -1.76. The smallest absolute Gasteiger partial charge is 0.410 e. The predicted octanol–water partition coefficient (Wildman–Crippen LogP) is 0.296. The molecule has 160 valence electrons. The van der Waals surface area contributed by atoms with E-state index in [0.717, 1.165) is 11.6 Å². The Morgan fingerprint density at radius 2 is 2.07 bits per heavy atom. The maximum Gasteiger partial charge on any atom is 0.410 e. The molecule has 1 saturated heterocycles. The van der Waals surface area contributed by atoms with Gasteiger partial charge in [0, 0.05) is 25.6 Å². The van der Waals surface area contributed by atoms with Crippen LogP contribution in [0.3, 0.4) is 0 Å². The summed E-state index contributed by atoms with van der Waals surface area (Å²) in [6.07, 6.45) is -0.177. The third-order valence-corrected chi connectivity index (χ3v) is 5.18. The molecule has 30 heavy (non-hydrogen) atoms. The van der Waals surface area contributed by atoms with Crippen molar-refractivity contribution in [1.82, 2.24) is 20.4 Å². The number of nitrogens with one attached hydrogen (secondary N) is 2. The van der Waals surface area contributed by atoms with Crippen LogP contribution in [0.25, 0.3) is 0 Å². The van der Waals surface area contributed by atoms with Crippen LogP contribution in [-0.2, 0) is 32.2 Å². The number of halogens is 1. The second kappa shape index (κ2) is 8.93. The van der Waals surface area contributed by atoms with Gasteiger partial charge in [-0.05, 0) is 17.7 Å². The lowest BCUT2D eigenvalue weighted by Gasteiger charge is -2.23. The number of ether oxygens (including phenoxy) is 1. The summed E-state index contributed by atoms with van der Waals surface area (Å²) in [6, 6.07) is 3.85. The molecule has 0 saturated carbocycles. The summed E-state index contributed by atoms with van der Waals surface area (Å²) in [5, 5.41) is 4.86. The standard InChI is InChI=1S/C20H23FN4O5/c1-3-17(26)23-8-18(27)25-10-13(7-16(25)19(28)22-2)30-20(29)24-9-12-5-4-6-15(21)14(12)11-24/h3-6,13,16H,1,7-11H2,2H3,(H,22,28)(H,23,26)/t13-,16+/m1/s1. The first-order valence-electron chi connectivity index (χ1n) is 9.47. The van der Waals surface area contributed by atoms with Gasteiger partial charge in [-0.1, -0.05) is 18.7 Å². The third kappa shape index (κ3) is 4.42. The van der Waals surface area contributed by atoms with Crippen LogP contribution in [0.2, 0.25) is 0 Å². The Bertz CT molecular complexity index is 890. The average Bonchev–Trinajstić information content (AvgIpc) is 3.36.